The number of rotatable bonds is 5. The average molecular weight is 464 g/mol. The number of benzene rings is 3. The standard InChI is InChI=1S/C24H18ClN3O5/c25-19-12-5-4-11-18(19)21-20-22(33-27(21)16-9-6-10-17(13-16)28(31)32)24(30)26(23(20)29)14-15-7-2-1-3-8-15/h1-13,20-22H,14H2/t20-,21-,22+/m0/s1. The van der Waals surface area contributed by atoms with Crippen LogP contribution in [0.4, 0.5) is 11.4 Å². The average Bonchev–Trinajstić information content (AvgIpc) is 3.32. The van der Waals surface area contributed by atoms with Gasteiger partial charge in [0.15, 0.2) is 6.10 Å². The second kappa shape index (κ2) is 8.31. The molecule has 3 aromatic carbocycles. The van der Waals surface area contributed by atoms with Crippen molar-refractivity contribution in [2.75, 3.05) is 5.06 Å². The second-order valence-corrected chi connectivity index (χ2v) is 8.28. The molecule has 0 unspecified atom stereocenters. The van der Waals surface area contributed by atoms with Crippen LogP contribution in [0.25, 0.3) is 0 Å². The van der Waals surface area contributed by atoms with Crippen molar-refractivity contribution in [2.24, 2.45) is 5.92 Å². The maximum atomic E-state index is 13.5. The maximum Gasteiger partial charge on any atom is 0.271 e. The van der Waals surface area contributed by atoms with E-state index in [9.17, 15) is 19.7 Å². The summed E-state index contributed by atoms with van der Waals surface area (Å²) < 4.78 is 0. The molecule has 2 amide bonds. The van der Waals surface area contributed by atoms with Crippen LogP contribution in [0.5, 0.6) is 0 Å². The van der Waals surface area contributed by atoms with Crippen molar-refractivity contribution >= 4 is 34.8 Å². The summed E-state index contributed by atoms with van der Waals surface area (Å²) in [6.45, 7) is 0.140. The van der Waals surface area contributed by atoms with E-state index in [4.69, 9.17) is 16.4 Å². The summed E-state index contributed by atoms with van der Waals surface area (Å²) in [4.78, 5) is 44.7. The molecule has 0 bridgehead atoms. The Bertz CT molecular complexity index is 1250. The van der Waals surface area contributed by atoms with Gasteiger partial charge in [0.25, 0.3) is 11.6 Å². The van der Waals surface area contributed by atoms with E-state index in [0.29, 0.717) is 16.3 Å². The Morgan fingerprint density at radius 2 is 1.67 bits per heavy atom. The van der Waals surface area contributed by atoms with Crippen LogP contribution in [0.15, 0.2) is 78.9 Å². The zero-order valence-electron chi connectivity index (χ0n) is 17.2. The summed E-state index contributed by atoms with van der Waals surface area (Å²) in [6.07, 6.45) is -1.05. The van der Waals surface area contributed by atoms with E-state index < -0.39 is 28.9 Å². The molecule has 166 valence electrons. The predicted octanol–water partition coefficient (Wildman–Crippen LogP) is 4.29. The van der Waals surface area contributed by atoms with Gasteiger partial charge in [0.1, 0.15) is 5.92 Å². The van der Waals surface area contributed by atoms with Crippen LogP contribution in [0.2, 0.25) is 5.02 Å². The first-order chi connectivity index (χ1) is 16.0. The summed E-state index contributed by atoms with van der Waals surface area (Å²) in [5.74, 6) is -1.66. The molecule has 2 aliphatic heterocycles. The number of hydrogen-bond acceptors (Lipinski definition) is 6. The van der Waals surface area contributed by atoms with Gasteiger partial charge >= 0.3 is 0 Å². The molecule has 33 heavy (non-hydrogen) atoms. The van der Waals surface area contributed by atoms with Gasteiger partial charge in [0.05, 0.1) is 23.2 Å². The smallest absolute Gasteiger partial charge is 0.271 e. The number of non-ortho nitro benzene ring substituents is 1. The van der Waals surface area contributed by atoms with Crippen molar-refractivity contribution in [1.82, 2.24) is 4.90 Å². The molecule has 2 aliphatic rings. The lowest BCUT2D eigenvalue weighted by molar-refractivity contribution is -0.384. The van der Waals surface area contributed by atoms with Crippen LogP contribution < -0.4 is 5.06 Å². The second-order valence-electron chi connectivity index (χ2n) is 7.87. The fraction of sp³-hybridized carbons (Fsp3) is 0.167. The molecule has 2 heterocycles. The van der Waals surface area contributed by atoms with Crippen LogP contribution in [0.1, 0.15) is 17.2 Å². The first kappa shape index (κ1) is 21.1. The number of hydroxylamine groups is 1. The van der Waals surface area contributed by atoms with Gasteiger partial charge in [-0.3, -0.25) is 29.4 Å². The highest BCUT2D eigenvalue weighted by molar-refractivity contribution is 6.31. The maximum absolute atomic E-state index is 13.5. The molecule has 3 aromatic rings. The molecule has 8 nitrogen and oxygen atoms in total. The molecule has 0 N–H and O–H groups in total. The molecule has 3 atom stereocenters. The third-order valence-electron chi connectivity index (χ3n) is 5.91. The Balaban J connectivity index is 1.56. The first-order valence-corrected chi connectivity index (χ1v) is 10.7. The van der Waals surface area contributed by atoms with Gasteiger partial charge in [-0.1, -0.05) is 66.2 Å². The molecule has 5 rings (SSSR count). The van der Waals surface area contributed by atoms with Crippen molar-refractivity contribution in [3.05, 3.63) is 105 Å². The number of nitrogens with zero attached hydrogens (tertiary/aromatic N) is 3. The highest BCUT2D eigenvalue weighted by Gasteiger charge is 2.60. The summed E-state index contributed by atoms with van der Waals surface area (Å²) in [5, 5.41) is 13.1. The Morgan fingerprint density at radius 3 is 2.39 bits per heavy atom. The lowest BCUT2D eigenvalue weighted by Crippen LogP contribution is -2.37. The van der Waals surface area contributed by atoms with Crippen molar-refractivity contribution in [1.29, 1.82) is 0 Å². The van der Waals surface area contributed by atoms with E-state index in [-0.39, 0.29) is 18.1 Å². The molecule has 0 radical (unpaired) electrons. The van der Waals surface area contributed by atoms with Gasteiger partial charge in [0, 0.05) is 17.2 Å². The zero-order chi connectivity index (χ0) is 23.1. The van der Waals surface area contributed by atoms with E-state index in [0.717, 1.165) is 5.56 Å². The van der Waals surface area contributed by atoms with Crippen LogP contribution >= 0.6 is 11.6 Å². The van der Waals surface area contributed by atoms with Gasteiger partial charge in [-0.15, -0.1) is 0 Å². The third kappa shape index (κ3) is 3.63. The number of carbonyl (C=O) groups excluding carboxylic acids is 2. The minimum absolute atomic E-state index is 0.130. The number of nitro benzene ring substituents is 1. The molecule has 0 aromatic heterocycles. The molecule has 2 fully saturated rings. The number of halogens is 1. The quantitative estimate of drug-likeness (QED) is 0.318. The zero-order valence-corrected chi connectivity index (χ0v) is 18.0. The summed E-state index contributed by atoms with van der Waals surface area (Å²) >= 11 is 6.48. The van der Waals surface area contributed by atoms with Crippen LogP contribution in [-0.2, 0) is 21.0 Å². The van der Waals surface area contributed by atoms with Gasteiger partial charge in [-0.2, -0.15) is 0 Å². The lowest BCUT2D eigenvalue weighted by atomic mass is 9.90. The monoisotopic (exact) mass is 463 g/mol. The number of carbonyl (C=O) groups is 2. The summed E-state index contributed by atoms with van der Waals surface area (Å²) in [5.41, 5.74) is 1.65. The number of amides is 2. The van der Waals surface area contributed by atoms with Crippen LogP contribution in [0.3, 0.4) is 0 Å². The minimum atomic E-state index is -1.05. The molecule has 2 saturated heterocycles. The van der Waals surface area contributed by atoms with Crippen molar-refractivity contribution < 1.29 is 19.3 Å². The number of likely N-dealkylation sites (tertiary alicyclic amines) is 1. The number of hydrogen-bond donors (Lipinski definition) is 0. The summed E-state index contributed by atoms with van der Waals surface area (Å²) in [6, 6.07) is 21.4. The molecular weight excluding hydrogens is 446 g/mol. The van der Waals surface area contributed by atoms with Crippen molar-refractivity contribution in [2.45, 2.75) is 18.7 Å². The highest BCUT2D eigenvalue weighted by atomic mass is 35.5. The number of anilines is 1. The Morgan fingerprint density at radius 1 is 0.939 bits per heavy atom. The Kier molecular flexibility index (Phi) is 5.32. The van der Waals surface area contributed by atoms with E-state index >= 15 is 0 Å². The minimum Gasteiger partial charge on any atom is -0.275 e. The van der Waals surface area contributed by atoms with E-state index in [1.807, 2.05) is 30.3 Å². The molecule has 0 aliphatic carbocycles. The van der Waals surface area contributed by atoms with Crippen LogP contribution in [-0.4, -0.2) is 27.7 Å². The SMILES string of the molecule is O=C1[C@@H]2[C@@H](ON(c3cccc([N+](=O)[O-])c3)[C@H]2c2ccccc2Cl)C(=O)N1Cc1ccccc1. The van der Waals surface area contributed by atoms with Gasteiger partial charge < -0.3 is 0 Å². The molecule has 0 saturated carbocycles. The number of fused-ring (bicyclic) bond motifs is 1. The Labute approximate surface area is 194 Å². The van der Waals surface area contributed by atoms with E-state index in [2.05, 4.69) is 0 Å². The van der Waals surface area contributed by atoms with Gasteiger partial charge in [-0.05, 0) is 23.3 Å². The topological polar surface area (TPSA) is 93.0 Å². The summed E-state index contributed by atoms with van der Waals surface area (Å²) in [7, 11) is 0. The fourth-order valence-electron chi connectivity index (χ4n) is 4.39. The molecular formula is C24H18ClN3O5. The van der Waals surface area contributed by atoms with Crippen LogP contribution in [0, 0.1) is 16.0 Å². The first-order valence-electron chi connectivity index (χ1n) is 10.3. The van der Waals surface area contributed by atoms with E-state index in [1.54, 1.807) is 30.3 Å². The number of nitro groups is 1. The molecule has 0 spiro atoms. The predicted molar refractivity (Wildman–Crippen MR) is 120 cm³/mol. The molecule has 9 heteroatoms. The third-order valence-corrected chi connectivity index (χ3v) is 6.25. The highest BCUT2D eigenvalue weighted by Crippen LogP contribution is 2.48. The Hall–Kier alpha value is -3.75. The normalized spacial score (nSPS) is 22.0. The van der Waals surface area contributed by atoms with Crippen molar-refractivity contribution in [3.63, 3.8) is 0 Å². The largest absolute Gasteiger partial charge is 0.275 e. The number of imide groups is 1. The van der Waals surface area contributed by atoms with E-state index in [1.165, 1.54) is 28.2 Å². The van der Waals surface area contributed by atoms with Gasteiger partial charge in [-0.25, -0.2) is 5.06 Å². The van der Waals surface area contributed by atoms with Gasteiger partial charge in [0.2, 0.25) is 5.91 Å². The lowest BCUT2D eigenvalue weighted by Gasteiger charge is -2.29. The van der Waals surface area contributed by atoms with Crippen molar-refractivity contribution in [3.8, 4) is 0 Å². The fourth-order valence-corrected chi connectivity index (χ4v) is 4.64.